The Morgan fingerprint density at radius 2 is 2.00 bits per heavy atom. The van der Waals surface area contributed by atoms with Crippen LogP contribution in [0.2, 0.25) is 0 Å². The van der Waals surface area contributed by atoms with Gasteiger partial charge in [-0.25, -0.2) is 0 Å². The second kappa shape index (κ2) is 6.39. The molecule has 100 valence electrons. The van der Waals surface area contributed by atoms with E-state index >= 15 is 0 Å². The van der Waals surface area contributed by atoms with Gasteiger partial charge in [0.1, 0.15) is 0 Å². The minimum absolute atomic E-state index is 0.126. The second-order valence-electron chi connectivity index (χ2n) is 5.88. The molecular weight excluding hydrogens is 212 g/mol. The van der Waals surface area contributed by atoms with E-state index in [9.17, 15) is 4.79 Å². The molecule has 0 spiro atoms. The first-order chi connectivity index (χ1) is 7.99. The van der Waals surface area contributed by atoms with E-state index < -0.39 is 0 Å². The molecular formula is C14H28N2O. The van der Waals surface area contributed by atoms with Gasteiger partial charge in [0.05, 0.1) is 0 Å². The molecule has 0 aliphatic heterocycles. The molecule has 0 heterocycles. The van der Waals surface area contributed by atoms with Crippen LogP contribution in [0.25, 0.3) is 0 Å². The van der Waals surface area contributed by atoms with Crippen LogP contribution in [0.4, 0.5) is 0 Å². The van der Waals surface area contributed by atoms with E-state index in [1.807, 2.05) is 13.8 Å². The summed E-state index contributed by atoms with van der Waals surface area (Å²) >= 11 is 0. The Morgan fingerprint density at radius 3 is 2.47 bits per heavy atom. The van der Waals surface area contributed by atoms with E-state index in [0.29, 0.717) is 5.41 Å². The van der Waals surface area contributed by atoms with Crippen molar-refractivity contribution >= 4 is 5.91 Å². The molecule has 1 saturated carbocycles. The van der Waals surface area contributed by atoms with Crippen molar-refractivity contribution in [1.82, 2.24) is 5.32 Å². The molecule has 3 nitrogen and oxygen atoms in total. The van der Waals surface area contributed by atoms with Crippen molar-refractivity contribution in [3.63, 3.8) is 0 Å². The van der Waals surface area contributed by atoms with Crippen LogP contribution in [0.1, 0.15) is 59.3 Å². The quantitative estimate of drug-likeness (QED) is 0.684. The van der Waals surface area contributed by atoms with Crippen molar-refractivity contribution in [2.75, 3.05) is 6.54 Å². The molecule has 2 unspecified atom stereocenters. The Labute approximate surface area is 106 Å². The maximum atomic E-state index is 11.9. The van der Waals surface area contributed by atoms with E-state index in [1.165, 1.54) is 19.3 Å². The van der Waals surface area contributed by atoms with Crippen molar-refractivity contribution in [3.05, 3.63) is 0 Å². The summed E-state index contributed by atoms with van der Waals surface area (Å²) < 4.78 is 0. The van der Waals surface area contributed by atoms with Gasteiger partial charge in [0, 0.05) is 18.5 Å². The van der Waals surface area contributed by atoms with Gasteiger partial charge in [0.15, 0.2) is 0 Å². The number of nitrogens with one attached hydrogen (secondary N) is 1. The maximum Gasteiger partial charge on any atom is 0.222 e. The maximum absolute atomic E-state index is 11.9. The van der Waals surface area contributed by atoms with E-state index in [2.05, 4.69) is 12.2 Å². The summed E-state index contributed by atoms with van der Waals surface area (Å²) in [4.78, 5) is 11.9. The van der Waals surface area contributed by atoms with Crippen LogP contribution in [-0.4, -0.2) is 18.5 Å². The topological polar surface area (TPSA) is 55.1 Å². The lowest BCUT2D eigenvalue weighted by atomic mass is 10.00. The molecule has 0 aromatic carbocycles. The molecule has 0 aromatic rings. The Kier molecular flexibility index (Phi) is 5.44. The van der Waals surface area contributed by atoms with E-state index in [-0.39, 0.29) is 17.9 Å². The molecule has 3 N–H and O–H groups in total. The van der Waals surface area contributed by atoms with Gasteiger partial charge in [0.2, 0.25) is 5.91 Å². The molecule has 0 radical (unpaired) electrons. The molecule has 2 atom stereocenters. The zero-order chi connectivity index (χ0) is 12.9. The summed E-state index contributed by atoms with van der Waals surface area (Å²) in [6.07, 6.45) is 6.76. The van der Waals surface area contributed by atoms with Gasteiger partial charge in [-0.1, -0.05) is 20.3 Å². The first kappa shape index (κ1) is 14.5. The predicted molar refractivity (Wildman–Crippen MR) is 71.6 cm³/mol. The van der Waals surface area contributed by atoms with Crippen molar-refractivity contribution in [2.24, 2.45) is 17.1 Å². The number of hydrogen-bond acceptors (Lipinski definition) is 2. The minimum atomic E-state index is 0.126. The summed E-state index contributed by atoms with van der Waals surface area (Å²) in [7, 11) is 0. The monoisotopic (exact) mass is 240 g/mol. The van der Waals surface area contributed by atoms with Gasteiger partial charge >= 0.3 is 0 Å². The van der Waals surface area contributed by atoms with E-state index in [4.69, 9.17) is 5.73 Å². The SMILES string of the molecule is CCC1(CNC(=O)C(C)CCCC(C)N)CC1. The highest BCUT2D eigenvalue weighted by atomic mass is 16.1. The lowest BCUT2D eigenvalue weighted by molar-refractivity contribution is -0.125. The lowest BCUT2D eigenvalue weighted by Gasteiger charge is -2.17. The van der Waals surface area contributed by atoms with Crippen molar-refractivity contribution in [3.8, 4) is 0 Å². The molecule has 1 aliphatic carbocycles. The standard InChI is InChI=1S/C14H28N2O/c1-4-14(8-9-14)10-16-13(17)11(2)6-5-7-12(3)15/h11-12H,4-10,15H2,1-3H3,(H,16,17). The van der Waals surface area contributed by atoms with Crippen LogP contribution in [0, 0.1) is 11.3 Å². The number of carbonyl (C=O) groups is 1. The number of carbonyl (C=O) groups excluding carboxylic acids is 1. The lowest BCUT2D eigenvalue weighted by Crippen LogP contribution is -2.34. The van der Waals surface area contributed by atoms with Crippen molar-refractivity contribution in [1.29, 1.82) is 0 Å². The smallest absolute Gasteiger partial charge is 0.222 e. The van der Waals surface area contributed by atoms with Crippen LogP contribution >= 0.6 is 0 Å². The molecule has 1 fully saturated rings. The molecule has 3 heteroatoms. The van der Waals surface area contributed by atoms with Crippen LogP contribution < -0.4 is 11.1 Å². The normalized spacial score (nSPS) is 20.7. The minimum Gasteiger partial charge on any atom is -0.355 e. The van der Waals surface area contributed by atoms with Crippen molar-refractivity contribution in [2.45, 2.75) is 65.3 Å². The Morgan fingerprint density at radius 1 is 1.35 bits per heavy atom. The summed E-state index contributed by atoms with van der Waals surface area (Å²) in [5, 5.41) is 3.10. The van der Waals surface area contributed by atoms with Crippen molar-refractivity contribution < 1.29 is 4.79 Å². The molecule has 0 aromatic heterocycles. The zero-order valence-corrected chi connectivity index (χ0v) is 11.6. The fraction of sp³-hybridized carbons (Fsp3) is 0.929. The van der Waals surface area contributed by atoms with Gasteiger partial charge in [-0.15, -0.1) is 0 Å². The largest absolute Gasteiger partial charge is 0.355 e. The first-order valence-corrected chi connectivity index (χ1v) is 7.02. The van der Waals surface area contributed by atoms with Crippen LogP contribution in [0.15, 0.2) is 0 Å². The highest BCUT2D eigenvalue weighted by molar-refractivity contribution is 5.78. The Balaban J connectivity index is 2.14. The molecule has 1 amide bonds. The zero-order valence-electron chi connectivity index (χ0n) is 11.6. The number of nitrogens with two attached hydrogens (primary N) is 1. The first-order valence-electron chi connectivity index (χ1n) is 7.02. The predicted octanol–water partition coefficient (Wildman–Crippen LogP) is 2.45. The summed E-state index contributed by atoms with van der Waals surface area (Å²) in [6, 6.07) is 0.250. The average molecular weight is 240 g/mol. The van der Waals surface area contributed by atoms with Crippen LogP contribution in [0.3, 0.4) is 0 Å². The molecule has 1 aliphatic rings. The van der Waals surface area contributed by atoms with E-state index in [1.54, 1.807) is 0 Å². The van der Waals surface area contributed by atoms with E-state index in [0.717, 1.165) is 25.8 Å². The Bertz CT molecular complexity index is 247. The van der Waals surface area contributed by atoms with Gasteiger partial charge in [0.25, 0.3) is 0 Å². The fourth-order valence-corrected chi connectivity index (χ4v) is 2.16. The summed E-state index contributed by atoms with van der Waals surface area (Å²) in [6.45, 7) is 7.12. The third-order valence-corrected chi connectivity index (χ3v) is 4.09. The summed E-state index contributed by atoms with van der Waals surface area (Å²) in [5.41, 5.74) is 6.14. The van der Waals surface area contributed by atoms with Crippen LogP contribution in [0.5, 0.6) is 0 Å². The number of amides is 1. The number of hydrogen-bond donors (Lipinski definition) is 2. The third-order valence-electron chi connectivity index (χ3n) is 4.09. The average Bonchev–Trinajstić information content (AvgIpc) is 3.06. The fourth-order valence-electron chi connectivity index (χ4n) is 2.16. The highest BCUT2D eigenvalue weighted by Gasteiger charge is 2.40. The van der Waals surface area contributed by atoms with Gasteiger partial charge in [-0.3, -0.25) is 4.79 Å². The van der Waals surface area contributed by atoms with Gasteiger partial charge in [-0.2, -0.15) is 0 Å². The molecule has 0 bridgehead atoms. The number of rotatable bonds is 8. The Hall–Kier alpha value is -0.570. The van der Waals surface area contributed by atoms with Crippen LogP contribution in [-0.2, 0) is 4.79 Å². The highest BCUT2D eigenvalue weighted by Crippen LogP contribution is 2.47. The molecule has 0 saturated heterocycles. The molecule has 17 heavy (non-hydrogen) atoms. The van der Waals surface area contributed by atoms with Gasteiger partial charge in [-0.05, 0) is 44.4 Å². The third kappa shape index (κ3) is 5.07. The summed E-state index contributed by atoms with van der Waals surface area (Å²) in [5.74, 6) is 0.343. The second-order valence-corrected chi connectivity index (χ2v) is 5.88. The van der Waals surface area contributed by atoms with Gasteiger partial charge < -0.3 is 11.1 Å². The molecule has 1 rings (SSSR count).